The minimum Gasteiger partial charge on any atom is -0.356 e. The van der Waals surface area contributed by atoms with Gasteiger partial charge in [0.1, 0.15) is 11.6 Å². The van der Waals surface area contributed by atoms with Crippen molar-refractivity contribution in [2.24, 2.45) is 4.99 Å². The standard InChI is InChI=1S/C19H22F2N4O/c1-22-18(26)14-5-3-4-13(10-14)8-9-24-19(23-2)25-12-15-11-16(20)6-7-17(15)21/h3-7,10-11H,8-9,12H2,1-2H3,(H,22,26)(H2,23,24,25). The molecule has 0 spiro atoms. The monoisotopic (exact) mass is 360 g/mol. The molecule has 0 aromatic heterocycles. The maximum absolute atomic E-state index is 13.6. The van der Waals surface area contributed by atoms with E-state index < -0.39 is 11.6 Å². The summed E-state index contributed by atoms with van der Waals surface area (Å²) in [6.45, 7) is 0.692. The summed E-state index contributed by atoms with van der Waals surface area (Å²) in [5.41, 5.74) is 1.84. The highest BCUT2D eigenvalue weighted by Crippen LogP contribution is 2.09. The topological polar surface area (TPSA) is 65.5 Å². The lowest BCUT2D eigenvalue weighted by Crippen LogP contribution is -2.38. The number of hydrogen-bond acceptors (Lipinski definition) is 2. The third kappa shape index (κ3) is 5.54. The zero-order valence-electron chi connectivity index (χ0n) is 14.8. The van der Waals surface area contributed by atoms with E-state index in [1.807, 2.05) is 18.2 Å². The largest absolute Gasteiger partial charge is 0.356 e. The lowest BCUT2D eigenvalue weighted by atomic mass is 10.1. The van der Waals surface area contributed by atoms with Gasteiger partial charge in [0.05, 0.1) is 0 Å². The molecule has 0 aliphatic rings. The molecule has 0 heterocycles. The van der Waals surface area contributed by atoms with E-state index in [9.17, 15) is 13.6 Å². The summed E-state index contributed by atoms with van der Waals surface area (Å²) in [6.07, 6.45) is 0.680. The first-order chi connectivity index (χ1) is 12.5. The van der Waals surface area contributed by atoms with Crippen molar-refractivity contribution in [3.8, 4) is 0 Å². The minimum atomic E-state index is -0.484. The normalized spacial score (nSPS) is 11.2. The Labute approximate surface area is 151 Å². The van der Waals surface area contributed by atoms with Crippen LogP contribution < -0.4 is 16.0 Å². The third-order valence-electron chi connectivity index (χ3n) is 3.80. The van der Waals surface area contributed by atoms with Gasteiger partial charge in [-0.1, -0.05) is 12.1 Å². The number of nitrogens with one attached hydrogen (secondary N) is 3. The fourth-order valence-corrected chi connectivity index (χ4v) is 2.42. The molecule has 7 heteroatoms. The van der Waals surface area contributed by atoms with Crippen molar-refractivity contribution in [1.29, 1.82) is 0 Å². The maximum atomic E-state index is 13.6. The summed E-state index contributed by atoms with van der Waals surface area (Å²) in [4.78, 5) is 15.7. The Bertz CT molecular complexity index is 793. The highest BCUT2D eigenvalue weighted by Gasteiger charge is 2.06. The second kappa shape index (κ2) is 9.50. The van der Waals surface area contributed by atoms with Gasteiger partial charge in [-0.2, -0.15) is 0 Å². The smallest absolute Gasteiger partial charge is 0.251 e. The Hall–Kier alpha value is -2.96. The van der Waals surface area contributed by atoms with Crippen LogP contribution in [0, 0.1) is 11.6 Å². The second-order valence-corrected chi connectivity index (χ2v) is 5.62. The van der Waals surface area contributed by atoms with Gasteiger partial charge in [0, 0.05) is 38.3 Å². The van der Waals surface area contributed by atoms with Gasteiger partial charge in [0.15, 0.2) is 5.96 Å². The molecule has 2 rings (SSSR count). The van der Waals surface area contributed by atoms with E-state index in [-0.39, 0.29) is 18.0 Å². The number of carbonyl (C=O) groups excluding carboxylic acids is 1. The number of hydrogen-bond donors (Lipinski definition) is 3. The average Bonchev–Trinajstić information content (AvgIpc) is 2.66. The molecule has 5 nitrogen and oxygen atoms in total. The Morgan fingerprint density at radius 2 is 1.92 bits per heavy atom. The molecular formula is C19H22F2N4O. The SMILES string of the molecule is CN=C(NCCc1cccc(C(=O)NC)c1)NCc1cc(F)ccc1F. The van der Waals surface area contributed by atoms with Crippen molar-refractivity contribution < 1.29 is 13.6 Å². The summed E-state index contributed by atoms with van der Waals surface area (Å²) in [5.74, 6) is -0.604. The molecule has 2 aromatic rings. The fourth-order valence-electron chi connectivity index (χ4n) is 2.42. The summed E-state index contributed by atoms with van der Waals surface area (Å²) in [6, 6.07) is 10.7. The number of aliphatic imine (C=N–C) groups is 1. The van der Waals surface area contributed by atoms with E-state index in [4.69, 9.17) is 0 Å². The highest BCUT2D eigenvalue weighted by atomic mass is 19.1. The summed E-state index contributed by atoms with van der Waals surface area (Å²) in [7, 11) is 3.19. The van der Waals surface area contributed by atoms with E-state index in [1.165, 1.54) is 0 Å². The van der Waals surface area contributed by atoms with Gasteiger partial charge in [0.2, 0.25) is 0 Å². The second-order valence-electron chi connectivity index (χ2n) is 5.62. The van der Waals surface area contributed by atoms with Crippen LogP contribution in [0.25, 0.3) is 0 Å². The zero-order valence-corrected chi connectivity index (χ0v) is 14.8. The summed E-state index contributed by atoms with van der Waals surface area (Å²) < 4.78 is 26.8. The van der Waals surface area contributed by atoms with Gasteiger partial charge in [0.25, 0.3) is 5.91 Å². The summed E-state index contributed by atoms with van der Waals surface area (Å²) in [5, 5.41) is 8.65. The minimum absolute atomic E-state index is 0.120. The molecule has 0 unspecified atom stereocenters. The molecule has 1 amide bonds. The van der Waals surface area contributed by atoms with Crippen LogP contribution in [0.2, 0.25) is 0 Å². The van der Waals surface area contributed by atoms with Crippen molar-refractivity contribution in [2.45, 2.75) is 13.0 Å². The van der Waals surface area contributed by atoms with Crippen LogP contribution in [0.1, 0.15) is 21.5 Å². The Kier molecular flexibility index (Phi) is 7.08. The first-order valence-corrected chi connectivity index (χ1v) is 8.23. The van der Waals surface area contributed by atoms with E-state index in [1.54, 1.807) is 20.2 Å². The molecule has 3 N–H and O–H groups in total. The first-order valence-electron chi connectivity index (χ1n) is 8.23. The number of guanidine groups is 1. The Balaban J connectivity index is 1.86. The number of halogens is 2. The number of nitrogens with zero attached hydrogens (tertiary/aromatic N) is 1. The number of benzene rings is 2. The molecule has 2 aromatic carbocycles. The first kappa shape index (κ1) is 19.4. The fraction of sp³-hybridized carbons (Fsp3) is 0.263. The number of carbonyl (C=O) groups is 1. The predicted molar refractivity (Wildman–Crippen MR) is 98.1 cm³/mol. The number of rotatable bonds is 6. The van der Waals surface area contributed by atoms with E-state index in [0.717, 1.165) is 23.8 Å². The third-order valence-corrected chi connectivity index (χ3v) is 3.80. The lowest BCUT2D eigenvalue weighted by Gasteiger charge is -2.12. The molecule has 0 aliphatic carbocycles. The van der Waals surface area contributed by atoms with Gasteiger partial charge < -0.3 is 16.0 Å². The molecule has 0 aliphatic heterocycles. The van der Waals surface area contributed by atoms with Crippen LogP contribution in [0.5, 0.6) is 0 Å². The molecular weight excluding hydrogens is 338 g/mol. The molecule has 0 bridgehead atoms. The number of amides is 1. The molecule has 0 radical (unpaired) electrons. The van der Waals surface area contributed by atoms with Gasteiger partial charge in [-0.05, 0) is 42.3 Å². The quantitative estimate of drug-likeness (QED) is 0.547. The van der Waals surface area contributed by atoms with Crippen molar-refractivity contribution in [2.75, 3.05) is 20.6 Å². The average molecular weight is 360 g/mol. The van der Waals surface area contributed by atoms with E-state index in [0.29, 0.717) is 24.5 Å². The van der Waals surface area contributed by atoms with E-state index >= 15 is 0 Å². The van der Waals surface area contributed by atoms with Crippen molar-refractivity contribution in [1.82, 2.24) is 16.0 Å². The van der Waals surface area contributed by atoms with Crippen LogP contribution in [0.15, 0.2) is 47.5 Å². The zero-order chi connectivity index (χ0) is 18.9. The van der Waals surface area contributed by atoms with Gasteiger partial charge in [-0.3, -0.25) is 9.79 Å². The maximum Gasteiger partial charge on any atom is 0.251 e. The summed E-state index contributed by atoms with van der Waals surface area (Å²) >= 11 is 0. The van der Waals surface area contributed by atoms with Gasteiger partial charge in [-0.25, -0.2) is 8.78 Å². The molecule has 138 valence electrons. The van der Waals surface area contributed by atoms with Gasteiger partial charge >= 0.3 is 0 Å². The molecule has 0 saturated heterocycles. The lowest BCUT2D eigenvalue weighted by molar-refractivity contribution is 0.0963. The van der Waals surface area contributed by atoms with E-state index in [2.05, 4.69) is 20.9 Å². The van der Waals surface area contributed by atoms with Crippen LogP contribution in [0.4, 0.5) is 8.78 Å². The molecule has 0 atom stereocenters. The van der Waals surface area contributed by atoms with Crippen molar-refractivity contribution in [3.05, 3.63) is 70.8 Å². The Morgan fingerprint density at radius 1 is 1.12 bits per heavy atom. The molecule has 0 saturated carbocycles. The predicted octanol–water partition coefficient (Wildman–Crippen LogP) is 2.23. The van der Waals surface area contributed by atoms with Crippen molar-refractivity contribution in [3.63, 3.8) is 0 Å². The van der Waals surface area contributed by atoms with Crippen LogP contribution in [-0.4, -0.2) is 32.5 Å². The van der Waals surface area contributed by atoms with Crippen LogP contribution in [-0.2, 0) is 13.0 Å². The highest BCUT2D eigenvalue weighted by molar-refractivity contribution is 5.94. The molecule has 0 fully saturated rings. The van der Waals surface area contributed by atoms with Gasteiger partial charge in [-0.15, -0.1) is 0 Å². The molecule has 26 heavy (non-hydrogen) atoms. The van der Waals surface area contributed by atoms with Crippen molar-refractivity contribution >= 4 is 11.9 Å². The van der Waals surface area contributed by atoms with Crippen LogP contribution >= 0.6 is 0 Å². The Morgan fingerprint density at radius 3 is 2.65 bits per heavy atom. The van der Waals surface area contributed by atoms with Crippen LogP contribution in [0.3, 0.4) is 0 Å².